The Morgan fingerprint density at radius 3 is 2.46 bits per heavy atom. The first-order valence-corrected chi connectivity index (χ1v) is 8.38. The molecule has 0 aliphatic heterocycles. The molecule has 0 saturated heterocycles. The molecule has 4 rings (SSSR count). The molecule has 3 nitrogen and oxygen atoms in total. The second-order valence-electron chi connectivity index (χ2n) is 7.14. The number of nitriles is 2. The van der Waals surface area contributed by atoms with Gasteiger partial charge in [0.05, 0.1) is 23.3 Å². The lowest BCUT2D eigenvalue weighted by molar-refractivity contribution is 0.457. The Hall–Kier alpha value is -2.78. The van der Waals surface area contributed by atoms with E-state index in [2.05, 4.69) is 49.3 Å². The lowest BCUT2D eigenvalue weighted by Crippen LogP contribution is -2.26. The van der Waals surface area contributed by atoms with Gasteiger partial charge in [0.2, 0.25) is 0 Å². The highest BCUT2D eigenvalue weighted by Crippen LogP contribution is 2.48. The second-order valence-corrected chi connectivity index (χ2v) is 7.14. The van der Waals surface area contributed by atoms with Crippen LogP contribution in [0.4, 0.5) is 5.69 Å². The summed E-state index contributed by atoms with van der Waals surface area (Å²) in [6.45, 7) is 0. The van der Waals surface area contributed by atoms with Crippen molar-refractivity contribution in [2.45, 2.75) is 31.1 Å². The molecule has 2 unspecified atom stereocenters. The van der Waals surface area contributed by atoms with E-state index in [0.717, 1.165) is 19.3 Å². The second kappa shape index (κ2) is 5.39. The number of fused-ring (bicyclic) bond motifs is 6. The number of rotatable bonds is 1. The molecule has 2 aliphatic rings. The van der Waals surface area contributed by atoms with E-state index in [4.69, 9.17) is 0 Å². The van der Waals surface area contributed by atoms with Gasteiger partial charge >= 0.3 is 0 Å². The minimum atomic E-state index is 0.402. The zero-order valence-corrected chi connectivity index (χ0v) is 14.0. The van der Waals surface area contributed by atoms with E-state index >= 15 is 0 Å². The maximum Gasteiger partial charge on any atom is 0.0995 e. The largest absolute Gasteiger partial charge is 0.378 e. The van der Waals surface area contributed by atoms with Crippen LogP contribution in [0.25, 0.3) is 0 Å². The van der Waals surface area contributed by atoms with Crippen molar-refractivity contribution >= 4 is 5.69 Å². The number of anilines is 1. The van der Waals surface area contributed by atoms with Gasteiger partial charge in [-0.2, -0.15) is 10.5 Å². The van der Waals surface area contributed by atoms with E-state index in [9.17, 15) is 10.5 Å². The quantitative estimate of drug-likeness (QED) is 0.803. The first-order valence-electron chi connectivity index (χ1n) is 8.38. The molecule has 0 amide bonds. The van der Waals surface area contributed by atoms with E-state index in [1.807, 2.05) is 6.07 Å². The monoisotopic (exact) mass is 313 g/mol. The highest BCUT2D eigenvalue weighted by Gasteiger charge is 2.35. The normalized spacial score (nSPS) is 20.3. The van der Waals surface area contributed by atoms with Crippen LogP contribution in [0.2, 0.25) is 0 Å². The Morgan fingerprint density at radius 1 is 0.958 bits per heavy atom. The van der Waals surface area contributed by atoms with Crippen LogP contribution in [-0.2, 0) is 12.8 Å². The molecular weight excluding hydrogens is 294 g/mol. The predicted molar refractivity (Wildman–Crippen MR) is 94.1 cm³/mol. The molecule has 0 aromatic heterocycles. The number of hydrogen-bond acceptors (Lipinski definition) is 3. The lowest BCUT2D eigenvalue weighted by Gasteiger charge is -2.39. The third-order valence-electron chi connectivity index (χ3n) is 5.51. The molecule has 0 saturated carbocycles. The standard InChI is InChI=1S/C21H19N3/c1-24(2)19-4-3-14-7-17-9-15(20(14)10-19)8-16-5-13(11-22)6-18(12-23)21(16)17/h3-6,10,15,17H,7-9H2,1-2H3. The lowest BCUT2D eigenvalue weighted by atomic mass is 9.65. The Labute approximate surface area is 142 Å². The van der Waals surface area contributed by atoms with Crippen LogP contribution in [0.5, 0.6) is 0 Å². The van der Waals surface area contributed by atoms with E-state index < -0.39 is 0 Å². The third-order valence-corrected chi connectivity index (χ3v) is 5.51. The molecule has 2 aromatic rings. The van der Waals surface area contributed by atoms with Crippen LogP contribution < -0.4 is 4.90 Å². The fraction of sp³-hybridized carbons (Fsp3) is 0.333. The molecule has 2 aromatic carbocycles. The first kappa shape index (κ1) is 14.8. The number of hydrogen-bond donors (Lipinski definition) is 0. The summed E-state index contributed by atoms with van der Waals surface area (Å²) in [7, 11) is 4.14. The Balaban J connectivity index is 1.83. The molecule has 24 heavy (non-hydrogen) atoms. The zero-order valence-electron chi connectivity index (χ0n) is 14.0. The summed E-state index contributed by atoms with van der Waals surface area (Å²) in [4.78, 5) is 2.14. The van der Waals surface area contributed by atoms with Gasteiger partial charge in [0, 0.05) is 19.8 Å². The summed E-state index contributed by atoms with van der Waals surface area (Å²) in [5, 5.41) is 18.8. The highest BCUT2D eigenvalue weighted by atomic mass is 15.1. The molecule has 118 valence electrons. The molecule has 3 heteroatoms. The van der Waals surface area contributed by atoms with Gasteiger partial charge in [-0.1, -0.05) is 6.07 Å². The van der Waals surface area contributed by atoms with E-state index in [0.29, 0.717) is 23.0 Å². The van der Waals surface area contributed by atoms with Gasteiger partial charge in [-0.25, -0.2) is 0 Å². The molecule has 2 aliphatic carbocycles. The Bertz CT molecular complexity index is 912. The summed E-state index contributed by atoms with van der Waals surface area (Å²) < 4.78 is 0. The van der Waals surface area contributed by atoms with Crippen molar-refractivity contribution in [1.82, 2.24) is 0 Å². The molecule has 0 fully saturated rings. The van der Waals surface area contributed by atoms with Crippen LogP contribution in [0, 0.1) is 22.7 Å². The molecular formula is C21H19N3. The van der Waals surface area contributed by atoms with Gasteiger partial charge in [0.25, 0.3) is 0 Å². The van der Waals surface area contributed by atoms with Crippen molar-refractivity contribution < 1.29 is 0 Å². The van der Waals surface area contributed by atoms with Gasteiger partial charge < -0.3 is 4.90 Å². The van der Waals surface area contributed by atoms with Gasteiger partial charge in [-0.05, 0) is 77.6 Å². The van der Waals surface area contributed by atoms with Crippen LogP contribution >= 0.6 is 0 Å². The van der Waals surface area contributed by atoms with Crippen LogP contribution in [0.1, 0.15) is 51.6 Å². The van der Waals surface area contributed by atoms with Crippen molar-refractivity contribution in [3.05, 3.63) is 63.7 Å². The minimum Gasteiger partial charge on any atom is -0.378 e. The van der Waals surface area contributed by atoms with Crippen molar-refractivity contribution in [1.29, 1.82) is 10.5 Å². The predicted octanol–water partition coefficient (Wildman–Crippen LogP) is 3.87. The topological polar surface area (TPSA) is 50.8 Å². The highest BCUT2D eigenvalue weighted by molar-refractivity contribution is 5.57. The minimum absolute atomic E-state index is 0.402. The smallest absolute Gasteiger partial charge is 0.0995 e. The van der Waals surface area contributed by atoms with Crippen LogP contribution in [0.3, 0.4) is 0 Å². The van der Waals surface area contributed by atoms with Crippen molar-refractivity contribution in [2.75, 3.05) is 19.0 Å². The molecule has 0 N–H and O–H groups in total. The summed E-state index contributed by atoms with van der Waals surface area (Å²) in [6.07, 6.45) is 3.03. The van der Waals surface area contributed by atoms with Crippen LogP contribution in [0.15, 0.2) is 30.3 Å². The van der Waals surface area contributed by atoms with Gasteiger partial charge in [-0.15, -0.1) is 0 Å². The zero-order chi connectivity index (χ0) is 16.8. The third kappa shape index (κ3) is 2.17. The molecule has 2 bridgehead atoms. The van der Waals surface area contributed by atoms with Gasteiger partial charge in [0.1, 0.15) is 0 Å². The summed E-state index contributed by atoms with van der Waals surface area (Å²) in [6, 6.07) is 15.0. The van der Waals surface area contributed by atoms with Crippen LogP contribution in [-0.4, -0.2) is 14.1 Å². The maximum absolute atomic E-state index is 9.54. The maximum atomic E-state index is 9.54. The molecule has 0 heterocycles. The number of nitrogens with zero attached hydrogens (tertiary/aromatic N) is 3. The van der Waals surface area contributed by atoms with E-state index in [-0.39, 0.29) is 0 Å². The summed E-state index contributed by atoms with van der Waals surface area (Å²) >= 11 is 0. The van der Waals surface area contributed by atoms with Crippen molar-refractivity contribution in [3.63, 3.8) is 0 Å². The summed E-state index contributed by atoms with van der Waals surface area (Å²) in [5.41, 5.74) is 7.79. The molecule has 0 spiro atoms. The Morgan fingerprint density at radius 2 is 1.75 bits per heavy atom. The SMILES string of the molecule is CN(C)c1ccc2c(c1)C1Cc3cc(C#N)cc(C#N)c3C(C2)C1. The average molecular weight is 313 g/mol. The average Bonchev–Trinajstić information content (AvgIpc) is 2.60. The fourth-order valence-corrected chi connectivity index (χ4v) is 4.45. The van der Waals surface area contributed by atoms with E-state index in [1.165, 1.54) is 27.9 Å². The molecule has 2 atom stereocenters. The van der Waals surface area contributed by atoms with Gasteiger partial charge in [0.15, 0.2) is 0 Å². The fourth-order valence-electron chi connectivity index (χ4n) is 4.45. The molecule has 0 radical (unpaired) electrons. The van der Waals surface area contributed by atoms with Gasteiger partial charge in [-0.3, -0.25) is 0 Å². The van der Waals surface area contributed by atoms with Crippen molar-refractivity contribution in [2.24, 2.45) is 0 Å². The number of benzene rings is 2. The Kier molecular flexibility index (Phi) is 3.32. The van der Waals surface area contributed by atoms with Crippen molar-refractivity contribution in [3.8, 4) is 12.1 Å². The first-order chi connectivity index (χ1) is 11.6. The van der Waals surface area contributed by atoms with E-state index in [1.54, 1.807) is 6.07 Å². The summed E-state index contributed by atoms with van der Waals surface area (Å²) in [5.74, 6) is 0.894.